The largest absolute Gasteiger partial charge is 0.496 e. The molecule has 0 spiro atoms. The Labute approximate surface area is 106 Å². The highest BCUT2D eigenvalue weighted by molar-refractivity contribution is 5.85. The molecule has 0 aliphatic carbocycles. The van der Waals surface area contributed by atoms with Crippen LogP contribution in [0.15, 0.2) is 12.1 Å². The van der Waals surface area contributed by atoms with Gasteiger partial charge in [0.05, 0.1) is 32.9 Å². The Kier molecular flexibility index (Phi) is 6.68. The molecule has 0 aliphatic heterocycles. The second-order valence-corrected chi connectivity index (χ2v) is 3.21. The first-order valence-corrected chi connectivity index (χ1v) is 4.79. The van der Waals surface area contributed by atoms with Crippen LogP contribution in [0.1, 0.15) is 11.6 Å². The summed E-state index contributed by atoms with van der Waals surface area (Å²) in [6.45, 7) is -0.681. The van der Waals surface area contributed by atoms with Gasteiger partial charge in [0.25, 0.3) is 0 Å². The van der Waals surface area contributed by atoms with Crippen LogP contribution in [0.2, 0.25) is 0 Å². The first-order chi connectivity index (χ1) is 7.67. The predicted molar refractivity (Wildman–Crippen MR) is 66.2 cm³/mol. The minimum atomic E-state index is -0.768. The highest BCUT2D eigenvalue weighted by atomic mass is 35.5. The fraction of sp³-hybridized carbons (Fsp3) is 0.455. The number of halogens is 2. The lowest BCUT2D eigenvalue weighted by molar-refractivity contribution is 0.352. The zero-order valence-corrected chi connectivity index (χ0v) is 10.8. The zero-order valence-electron chi connectivity index (χ0n) is 10.0. The number of rotatable bonds is 5. The average molecular weight is 266 g/mol. The Bertz CT molecular complexity index is 338. The molecule has 1 rings (SSSR count). The zero-order chi connectivity index (χ0) is 12.1. The second kappa shape index (κ2) is 7.19. The molecule has 1 aromatic carbocycles. The summed E-state index contributed by atoms with van der Waals surface area (Å²) in [6.07, 6.45) is 0. The number of hydrogen-bond donors (Lipinski definition) is 1. The van der Waals surface area contributed by atoms with Crippen molar-refractivity contribution in [2.75, 3.05) is 28.0 Å². The molecular weight excluding hydrogens is 249 g/mol. The van der Waals surface area contributed by atoms with Gasteiger partial charge >= 0.3 is 0 Å². The van der Waals surface area contributed by atoms with Crippen LogP contribution in [0.3, 0.4) is 0 Å². The SMILES string of the molecule is COc1cc(OC)c([C@@H](N)CF)c(OC)c1.Cl. The van der Waals surface area contributed by atoms with Crippen molar-refractivity contribution in [3.63, 3.8) is 0 Å². The fourth-order valence-electron chi connectivity index (χ4n) is 1.48. The Balaban J connectivity index is 0.00000256. The van der Waals surface area contributed by atoms with Crippen LogP contribution in [-0.2, 0) is 0 Å². The summed E-state index contributed by atoms with van der Waals surface area (Å²) in [4.78, 5) is 0. The van der Waals surface area contributed by atoms with E-state index in [0.29, 0.717) is 22.8 Å². The van der Waals surface area contributed by atoms with Gasteiger partial charge in [-0.2, -0.15) is 0 Å². The molecule has 0 aromatic heterocycles. The third kappa shape index (κ3) is 3.38. The summed E-state index contributed by atoms with van der Waals surface area (Å²) < 4.78 is 28.0. The molecule has 1 aromatic rings. The van der Waals surface area contributed by atoms with Gasteiger partial charge < -0.3 is 19.9 Å². The molecule has 0 saturated heterocycles. The van der Waals surface area contributed by atoms with E-state index >= 15 is 0 Å². The third-order valence-electron chi connectivity index (χ3n) is 2.29. The van der Waals surface area contributed by atoms with Gasteiger partial charge in [0, 0.05) is 12.1 Å². The van der Waals surface area contributed by atoms with Gasteiger partial charge in [0.2, 0.25) is 0 Å². The molecule has 2 N–H and O–H groups in total. The normalized spacial score (nSPS) is 11.4. The first-order valence-electron chi connectivity index (χ1n) is 4.79. The third-order valence-corrected chi connectivity index (χ3v) is 2.29. The monoisotopic (exact) mass is 265 g/mol. The van der Waals surface area contributed by atoms with Gasteiger partial charge in [-0.15, -0.1) is 12.4 Å². The number of ether oxygens (including phenoxy) is 3. The summed E-state index contributed by atoms with van der Waals surface area (Å²) in [5.74, 6) is 1.49. The van der Waals surface area contributed by atoms with Crippen molar-refractivity contribution >= 4 is 12.4 Å². The van der Waals surface area contributed by atoms with Gasteiger partial charge in [0.15, 0.2) is 0 Å². The lowest BCUT2D eigenvalue weighted by Gasteiger charge is -2.17. The fourth-order valence-corrected chi connectivity index (χ4v) is 1.48. The summed E-state index contributed by atoms with van der Waals surface area (Å²) in [6, 6.07) is 2.52. The summed E-state index contributed by atoms with van der Waals surface area (Å²) >= 11 is 0. The summed E-state index contributed by atoms with van der Waals surface area (Å²) in [7, 11) is 4.51. The van der Waals surface area contributed by atoms with Gasteiger partial charge in [-0.25, -0.2) is 4.39 Å². The quantitative estimate of drug-likeness (QED) is 0.886. The van der Waals surface area contributed by atoms with Crippen molar-refractivity contribution in [1.82, 2.24) is 0 Å². The molecule has 1 atom stereocenters. The van der Waals surface area contributed by atoms with Crippen LogP contribution < -0.4 is 19.9 Å². The molecular formula is C11H17ClFNO3. The predicted octanol–water partition coefficient (Wildman–Crippen LogP) is 2.10. The van der Waals surface area contributed by atoms with E-state index in [2.05, 4.69) is 0 Å². The van der Waals surface area contributed by atoms with E-state index in [-0.39, 0.29) is 12.4 Å². The standard InChI is InChI=1S/C11H16FNO3.ClH/c1-14-7-4-9(15-2)11(8(13)6-12)10(5-7)16-3;/h4-5,8H,6,13H2,1-3H3;1H/t8-;/m0./s1. The Hall–Kier alpha value is -1.20. The molecule has 0 fully saturated rings. The first kappa shape index (κ1) is 15.8. The number of hydrogen-bond acceptors (Lipinski definition) is 4. The number of nitrogens with two attached hydrogens (primary N) is 1. The van der Waals surface area contributed by atoms with Crippen molar-refractivity contribution in [3.8, 4) is 17.2 Å². The minimum Gasteiger partial charge on any atom is -0.496 e. The maximum Gasteiger partial charge on any atom is 0.131 e. The molecule has 0 amide bonds. The molecule has 17 heavy (non-hydrogen) atoms. The van der Waals surface area contributed by atoms with E-state index < -0.39 is 12.7 Å². The average Bonchev–Trinajstić information content (AvgIpc) is 2.35. The van der Waals surface area contributed by atoms with E-state index in [4.69, 9.17) is 19.9 Å². The maximum atomic E-state index is 12.6. The van der Waals surface area contributed by atoms with Crippen molar-refractivity contribution in [3.05, 3.63) is 17.7 Å². The topological polar surface area (TPSA) is 53.7 Å². The number of methoxy groups -OCH3 is 3. The molecule has 4 nitrogen and oxygen atoms in total. The molecule has 0 heterocycles. The van der Waals surface area contributed by atoms with E-state index in [0.717, 1.165) is 0 Å². The van der Waals surface area contributed by atoms with E-state index in [9.17, 15) is 4.39 Å². The van der Waals surface area contributed by atoms with Gasteiger partial charge in [-0.3, -0.25) is 0 Å². The van der Waals surface area contributed by atoms with Crippen LogP contribution in [0.5, 0.6) is 17.2 Å². The molecule has 0 saturated carbocycles. The Morgan fingerprint density at radius 2 is 1.59 bits per heavy atom. The van der Waals surface area contributed by atoms with Crippen LogP contribution in [0.25, 0.3) is 0 Å². The van der Waals surface area contributed by atoms with Crippen LogP contribution in [0, 0.1) is 0 Å². The second-order valence-electron chi connectivity index (χ2n) is 3.21. The highest BCUT2D eigenvalue weighted by Gasteiger charge is 2.19. The Morgan fingerprint density at radius 1 is 1.12 bits per heavy atom. The lowest BCUT2D eigenvalue weighted by Crippen LogP contribution is -2.15. The van der Waals surface area contributed by atoms with Crippen LogP contribution in [-0.4, -0.2) is 28.0 Å². The molecule has 0 unspecified atom stereocenters. The molecule has 0 radical (unpaired) electrons. The number of alkyl halides is 1. The van der Waals surface area contributed by atoms with Crippen LogP contribution in [0.4, 0.5) is 4.39 Å². The number of benzene rings is 1. The summed E-state index contributed by atoms with van der Waals surface area (Å²) in [5.41, 5.74) is 6.17. The Morgan fingerprint density at radius 3 is 1.88 bits per heavy atom. The van der Waals surface area contributed by atoms with E-state index in [1.165, 1.54) is 21.3 Å². The summed E-state index contributed by atoms with van der Waals surface area (Å²) in [5, 5.41) is 0. The minimum absolute atomic E-state index is 0. The van der Waals surface area contributed by atoms with E-state index in [1.54, 1.807) is 12.1 Å². The van der Waals surface area contributed by atoms with Gasteiger partial charge in [0.1, 0.15) is 23.9 Å². The smallest absolute Gasteiger partial charge is 0.131 e. The van der Waals surface area contributed by atoms with Crippen LogP contribution >= 0.6 is 12.4 Å². The van der Waals surface area contributed by atoms with E-state index in [1.807, 2.05) is 0 Å². The maximum absolute atomic E-state index is 12.6. The van der Waals surface area contributed by atoms with Gasteiger partial charge in [-0.05, 0) is 0 Å². The van der Waals surface area contributed by atoms with Crippen molar-refractivity contribution in [2.24, 2.45) is 5.73 Å². The molecule has 6 heteroatoms. The van der Waals surface area contributed by atoms with Crippen molar-refractivity contribution in [2.45, 2.75) is 6.04 Å². The van der Waals surface area contributed by atoms with Gasteiger partial charge in [-0.1, -0.05) is 0 Å². The van der Waals surface area contributed by atoms with Crippen molar-refractivity contribution < 1.29 is 18.6 Å². The highest BCUT2D eigenvalue weighted by Crippen LogP contribution is 2.37. The molecule has 0 aliphatic rings. The lowest BCUT2D eigenvalue weighted by atomic mass is 10.1. The molecule has 0 bridgehead atoms. The van der Waals surface area contributed by atoms with Crippen molar-refractivity contribution in [1.29, 1.82) is 0 Å². The molecule has 98 valence electrons.